The highest BCUT2D eigenvalue weighted by atomic mass is 32.1. The number of nitrogens with one attached hydrogen (secondary N) is 1. The SMILES string of the molecule is N=C/C(=C\N)c1ccc2sc(-c3ccc(N4CCCCC4)nc3)nc2n1. The molecule has 0 unspecified atom stereocenters. The largest absolute Gasteiger partial charge is 0.404 e. The monoisotopic (exact) mass is 364 g/mol. The number of anilines is 1. The van der Waals surface area contributed by atoms with Gasteiger partial charge in [0.15, 0.2) is 5.65 Å². The van der Waals surface area contributed by atoms with Gasteiger partial charge in [-0.05, 0) is 43.5 Å². The number of fused-ring (bicyclic) bond motifs is 1. The maximum Gasteiger partial charge on any atom is 0.171 e. The lowest BCUT2D eigenvalue weighted by Crippen LogP contribution is -2.29. The summed E-state index contributed by atoms with van der Waals surface area (Å²) in [6.07, 6.45) is 8.27. The smallest absolute Gasteiger partial charge is 0.171 e. The first kappa shape index (κ1) is 16.7. The van der Waals surface area contributed by atoms with E-state index < -0.39 is 0 Å². The Kier molecular flexibility index (Phi) is 4.62. The number of nitrogens with zero attached hydrogens (tertiary/aromatic N) is 4. The van der Waals surface area contributed by atoms with Crippen molar-refractivity contribution in [1.29, 1.82) is 5.41 Å². The van der Waals surface area contributed by atoms with Gasteiger partial charge in [-0.15, -0.1) is 11.3 Å². The van der Waals surface area contributed by atoms with Crippen LogP contribution in [0.2, 0.25) is 0 Å². The predicted molar refractivity (Wildman–Crippen MR) is 108 cm³/mol. The number of rotatable bonds is 4. The Balaban J connectivity index is 1.63. The fourth-order valence-corrected chi connectivity index (χ4v) is 4.03. The average molecular weight is 364 g/mol. The van der Waals surface area contributed by atoms with Crippen LogP contribution >= 0.6 is 11.3 Å². The zero-order valence-corrected chi connectivity index (χ0v) is 15.2. The second-order valence-electron chi connectivity index (χ2n) is 6.26. The van der Waals surface area contributed by atoms with Crippen molar-refractivity contribution in [2.75, 3.05) is 18.0 Å². The lowest BCUT2D eigenvalue weighted by atomic mass is 10.1. The minimum Gasteiger partial charge on any atom is -0.404 e. The van der Waals surface area contributed by atoms with Gasteiger partial charge in [0.05, 0.1) is 10.4 Å². The molecule has 4 rings (SSSR count). The van der Waals surface area contributed by atoms with Crippen molar-refractivity contribution in [1.82, 2.24) is 15.0 Å². The van der Waals surface area contributed by atoms with Crippen LogP contribution in [0.4, 0.5) is 5.82 Å². The highest BCUT2D eigenvalue weighted by molar-refractivity contribution is 7.21. The third-order valence-electron chi connectivity index (χ3n) is 4.56. The van der Waals surface area contributed by atoms with Crippen LogP contribution in [0.3, 0.4) is 0 Å². The Morgan fingerprint density at radius 3 is 2.65 bits per heavy atom. The summed E-state index contributed by atoms with van der Waals surface area (Å²) in [4.78, 5) is 16.2. The summed E-state index contributed by atoms with van der Waals surface area (Å²) in [5, 5.41) is 8.30. The number of piperidine rings is 1. The van der Waals surface area contributed by atoms with Crippen molar-refractivity contribution in [3.63, 3.8) is 0 Å². The number of thiazole rings is 1. The first-order chi connectivity index (χ1) is 12.8. The fraction of sp³-hybridized carbons (Fsp3) is 0.263. The van der Waals surface area contributed by atoms with Gasteiger partial charge in [-0.1, -0.05) is 0 Å². The summed E-state index contributed by atoms with van der Waals surface area (Å²) in [5.41, 5.74) is 8.45. The number of pyridine rings is 2. The number of hydrogen-bond acceptors (Lipinski definition) is 7. The van der Waals surface area contributed by atoms with Crippen molar-refractivity contribution >= 4 is 39.3 Å². The number of hydrogen-bond donors (Lipinski definition) is 2. The first-order valence-corrected chi connectivity index (χ1v) is 9.52. The maximum atomic E-state index is 7.41. The van der Waals surface area contributed by atoms with E-state index in [-0.39, 0.29) is 0 Å². The van der Waals surface area contributed by atoms with Crippen LogP contribution < -0.4 is 10.6 Å². The molecule has 0 aliphatic carbocycles. The molecule has 0 spiro atoms. The molecule has 1 aliphatic heterocycles. The molecule has 26 heavy (non-hydrogen) atoms. The van der Waals surface area contributed by atoms with E-state index in [1.165, 1.54) is 31.7 Å². The normalized spacial score (nSPS) is 15.4. The minimum atomic E-state index is 0.578. The van der Waals surface area contributed by atoms with Crippen molar-refractivity contribution in [2.24, 2.45) is 5.73 Å². The lowest BCUT2D eigenvalue weighted by Gasteiger charge is -2.27. The van der Waals surface area contributed by atoms with E-state index in [0.29, 0.717) is 16.9 Å². The molecule has 3 aromatic rings. The molecule has 7 heteroatoms. The van der Waals surface area contributed by atoms with Crippen LogP contribution in [0.1, 0.15) is 25.0 Å². The standard InChI is InChI=1S/C19H20N6S/c20-10-14(11-21)15-5-6-16-18(23-15)24-19(26-16)13-4-7-17(22-12-13)25-8-2-1-3-9-25/h4-7,10-12,20H,1-3,8-9,21H2/b14-11+,20-10?. The van der Waals surface area contributed by atoms with Gasteiger partial charge >= 0.3 is 0 Å². The molecule has 132 valence electrons. The molecule has 6 nitrogen and oxygen atoms in total. The highest BCUT2D eigenvalue weighted by Gasteiger charge is 2.13. The molecule has 1 aliphatic rings. The molecule has 0 aromatic carbocycles. The van der Waals surface area contributed by atoms with Crippen LogP contribution in [0.25, 0.3) is 26.5 Å². The molecule has 0 atom stereocenters. The molecule has 0 saturated carbocycles. The minimum absolute atomic E-state index is 0.578. The van der Waals surface area contributed by atoms with Crippen LogP contribution in [0.5, 0.6) is 0 Å². The van der Waals surface area contributed by atoms with Gasteiger partial charge in [-0.2, -0.15) is 0 Å². The second-order valence-corrected chi connectivity index (χ2v) is 7.29. The number of aromatic nitrogens is 3. The number of allylic oxidation sites excluding steroid dienone is 1. The number of nitrogens with two attached hydrogens (primary N) is 1. The van der Waals surface area contributed by atoms with E-state index in [2.05, 4.69) is 32.0 Å². The molecular weight excluding hydrogens is 344 g/mol. The van der Waals surface area contributed by atoms with Crippen LogP contribution in [0, 0.1) is 5.41 Å². The molecule has 0 bridgehead atoms. The Bertz CT molecular complexity index is 954. The van der Waals surface area contributed by atoms with Crippen LogP contribution in [-0.2, 0) is 0 Å². The quantitative estimate of drug-likeness (QED) is 0.689. The van der Waals surface area contributed by atoms with E-state index >= 15 is 0 Å². The summed E-state index contributed by atoms with van der Waals surface area (Å²) < 4.78 is 1.00. The zero-order valence-electron chi connectivity index (χ0n) is 14.4. The third-order valence-corrected chi connectivity index (χ3v) is 5.62. The predicted octanol–water partition coefficient (Wildman–Crippen LogP) is 3.69. The van der Waals surface area contributed by atoms with E-state index in [0.717, 1.165) is 34.2 Å². The third kappa shape index (κ3) is 3.17. The summed E-state index contributed by atoms with van der Waals surface area (Å²) in [6.45, 7) is 2.17. The van der Waals surface area contributed by atoms with Gasteiger partial charge in [0.1, 0.15) is 10.8 Å². The molecule has 4 heterocycles. The van der Waals surface area contributed by atoms with Gasteiger partial charge in [-0.3, -0.25) is 0 Å². The van der Waals surface area contributed by atoms with Gasteiger partial charge < -0.3 is 16.0 Å². The lowest BCUT2D eigenvalue weighted by molar-refractivity contribution is 0.573. The summed E-state index contributed by atoms with van der Waals surface area (Å²) in [7, 11) is 0. The fourth-order valence-electron chi connectivity index (χ4n) is 3.13. The van der Waals surface area contributed by atoms with E-state index in [1.54, 1.807) is 11.3 Å². The highest BCUT2D eigenvalue weighted by Crippen LogP contribution is 2.30. The van der Waals surface area contributed by atoms with Gasteiger partial charge in [0, 0.05) is 42.8 Å². The van der Waals surface area contributed by atoms with Gasteiger partial charge in [0.2, 0.25) is 0 Å². The zero-order chi connectivity index (χ0) is 17.9. The van der Waals surface area contributed by atoms with E-state index in [9.17, 15) is 0 Å². The van der Waals surface area contributed by atoms with Crippen molar-refractivity contribution in [2.45, 2.75) is 19.3 Å². The Hall–Kier alpha value is -2.80. The average Bonchev–Trinajstić information content (AvgIpc) is 3.13. The molecule has 0 amide bonds. The van der Waals surface area contributed by atoms with Gasteiger partial charge in [0.25, 0.3) is 0 Å². The second kappa shape index (κ2) is 7.21. The Morgan fingerprint density at radius 2 is 1.96 bits per heavy atom. The summed E-state index contributed by atoms with van der Waals surface area (Å²) in [5.74, 6) is 1.04. The molecule has 3 N–H and O–H groups in total. The van der Waals surface area contributed by atoms with Crippen molar-refractivity contribution in [3.05, 3.63) is 42.4 Å². The van der Waals surface area contributed by atoms with Gasteiger partial charge in [-0.25, -0.2) is 15.0 Å². The summed E-state index contributed by atoms with van der Waals surface area (Å²) in [6, 6.07) is 8.00. The molecule has 3 aromatic heterocycles. The van der Waals surface area contributed by atoms with Crippen LogP contribution in [0.15, 0.2) is 36.7 Å². The van der Waals surface area contributed by atoms with Crippen LogP contribution in [-0.4, -0.2) is 34.3 Å². The molecule has 1 saturated heterocycles. The van der Waals surface area contributed by atoms with Crippen molar-refractivity contribution < 1.29 is 0 Å². The van der Waals surface area contributed by atoms with E-state index in [4.69, 9.17) is 11.1 Å². The molecule has 0 radical (unpaired) electrons. The molecule has 1 fully saturated rings. The Labute approximate surface area is 155 Å². The van der Waals surface area contributed by atoms with Crippen molar-refractivity contribution in [3.8, 4) is 10.6 Å². The summed E-state index contributed by atoms with van der Waals surface area (Å²) >= 11 is 1.59. The first-order valence-electron chi connectivity index (χ1n) is 8.70. The Morgan fingerprint density at radius 1 is 1.12 bits per heavy atom. The topological polar surface area (TPSA) is 91.8 Å². The van der Waals surface area contributed by atoms with E-state index in [1.807, 2.05) is 18.3 Å². The maximum absolute atomic E-state index is 7.41. The molecular formula is C19H20N6S.